The third-order valence-electron chi connectivity index (χ3n) is 1.89. The molecule has 0 heterocycles. The summed E-state index contributed by atoms with van der Waals surface area (Å²) in [4.78, 5) is 10.9. The largest absolute Gasteiger partial charge is 0.326 e. The van der Waals surface area contributed by atoms with Gasteiger partial charge in [0.05, 0.1) is 0 Å². The van der Waals surface area contributed by atoms with E-state index in [2.05, 4.69) is 11.4 Å². The summed E-state index contributed by atoms with van der Waals surface area (Å²) in [5, 5.41) is 2.80. The fourth-order valence-electron chi connectivity index (χ4n) is 1.46. The quantitative estimate of drug-likeness (QED) is 0.699. The number of hydrogen-bond acceptors (Lipinski definition) is 1. The van der Waals surface area contributed by atoms with Gasteiger partial charge in [0.1, 0.15) is 0 Å². The third kappa shape index (κ3) is 2.31. The molecule has 1 radical (unpaired) electrons. The van der Waals surface area contributed by atoms with Crippen LogP contribution in [0.1, 0.15) is 23.6 Å². The fraction of sp³-hybridized carbons (Fsp3) is 0.364. The first kappa shape index (κ1) is 9.78. The molecule has 0 aliphatic rings. The van der Waals surface area contributed by atoms with E-state index in [9.17, 15) is 4.79 Å². The molecule has 1 rings (SSSR count). The summed E-state index contributed by atoms with van der Waals surface area (Å²) >= 11 is 0. The zero-order chi connectivity index (χ0) is 10.0. The second kappa shape index (κ2) is 3.60. The fourth-order valence-corrected chi connectivity index (χ4v) is 1.46. The highest BCUT2D eigenvalue weighted by molar-refractivity contribution is 5.90. The van der Waals surface area contributed by atoms with Crippen molar-refractivity contribution in [2.45, 2.75) is 27.7 Å². The molecule has 0 aliphatic heterocycles. The number of hydrogen-bond donors (Lipinski definition) is 1. The number of carbonyl (C=O) groups is 1. The lowest BCUT2D eigenvalue weighted by atomic mass is 10.1. The van der Waals surface area contributed by atoms with Crippen molar-refractivity contribution in [2.24, 2.45) is 0 Å². The van der Waals surface area contributed by atoms with Gasteiger partial charge >= 0.3 is 0 Å². The van der Waals surface area contributed by atoms with Gasteiger partial charge in [0.25, 0.3) is 0 Å². The molecule has 0 unspecified atom stereocenters. The van der Waals surface area contributed by atoms with Crippen molar-refractivity contribution in [2.75, 3.05) is 5.32 Å². The van der Waals surface area contributed by atoms with E-state index in [1.54, 1.807) is 0 Å². The Balaban J connectivity index is 3.13. The molecular formula is C11H14NO. The van der Waals surface area contributed by atoms with Crippen molar-refractivity contribution in [3.05, 3.63) is 28.8 Å². The molecule has 0 aliphatic carbocycles. The Hall–Kier alpha value is -1.31. The van der Waals surface area contributed by atoms with Gasteiger partial charge in [-0.1, -0.05) is 6.07 Å². The van der Waals surface area contributed by atoms with Gasteiger partial charge in [-0.2, -0.15) is 0 Å². The normalized spacial score (nSPS) is 9.85. The SMILES string of the molecule is CC(=O)Nc1c(C)[c]c(C)cc1C. The molecule has 69 valence electrons. The third-order valence-corrected chi connectivity index (χ3v) is 1.89. The molecule has 0 spiro atoms. The molecule has 2 heteroatoms. The minimum absolute atomic E-state index is 0.0385. The van der Waals surface area contributed by atoms with E-state index in [-0.39, 0.29) is 5.91 Å². The smallest absolute Gasteiger partial charge is 0.221 e. The van der Waals surface area contributed by atoms with E-state index in [1.165, 1.54) is 6.92 Å². The number of rotatable bonds is 1. The summed E-state index contributed by atoms with van der Waals surface area (Å²) in [6.45, 7) is 7.45. The molecule has 0 saturated heterocycles. The second-order valence-corrected chi connectivity index (χ2v) is 3.32. The first-order chi connectivity index (χ1) is 6.00. The van der Waals surface area contributed by atoms with Crippen LogP contribution < -0.4 is 5.32 Å². The number of amides is 1. The molecule has 2 nitrogen and oxygen atoms in total. The first-order valence-corrected chi connectivity index (χ1v) is 4.28. The predicted octanol–water partition coefficient (Wildman–Crippen LogP) is 2.37. The van der Waals surface area contributed by atoms with Crippen LogP contribution in [-0.4, -0.2) is 5.91 Å². The Morgan fingerprint density at radius 3 is 2.46 bits per heavy atom. The monoisotopic (exact) mass is 176 g/mol. The van der Waals surface area contributed by atoms with Gasteiger partial charge in [0, 0.05) is 12.6 Å². The van der Waals surface area contributed by atoms with Crippen LogP contribution >= 0.6 is 0 Å². The van der Waals surface area contributed by atoms with Crippen LogP contribution in [0.2, 0.25) is 0 Å². The molecule has 13 heavy (non-hydrogen) atoms. The van der Waals surface area contributed by atoms with E-state index in [4.69, 9.17) is 0 Å². The van der Waals surface area contributed by atoms with Gasteiger partial charge < -0.3 is 5.32 Å². The molecular weight excluding hydrogens is 162 g/mol. The summed E-state index contributed by atoms with van der Waals surface area (Å²) in [7, 11) is 0. The Morgan fingerprint density at radius 1 is 1.38 bits per heavy atom. The average Bonchev–Trinajstić information content (AvgIpc) is 1.96. The zero-order valence-electron chi connectivity index (χ0n) is 8.49. The predicted molar refractivity (Wildman–Crippen MR) is 53.8 cm³/mol. The maximum Gasteiger partial charge on any atom is 0.221 e. The lowest BCUT2D eigenvalue weighted by molar-refractivity contribution is -0.114. The van der Waals surface area contributed by atoms with Crippen molar-refractivity contribution in [3.63, 3.8) is 0 Å². The average molecular weight is 176 g/mol. The van der Waals surface area contributed by atoms with Gasteiger partial charge in [-0.15, -0.1) is 0 Å². The highest BCUT2D eigenvalue weighted by Crippen LogP contribution is 2.20. The number of carbonyl (C=O) groups excluding carboxylic acids is 1. The van der Waals surface area contributed by atoms with E-state index < -0.39 is 0 Å². The lowest BCUT2D eigenvalue weighted by Crippen LogP contribution is -2.08. The summed E-state index contributed by atoms with van der Waals surface area (Å²) in [6.07, 6.45) is 0. The van der Waals surface area contributed by atoms with Crippen molar-refractivity contribution in [1.29, 1.82) is 0 Å². The Labute approximate surface area is 79.0 Å². The first-order valence-electron chi connectivity index (χ1n) is 4.28. The van der Waals surface area contributed by atoms with Crippen LogP contribution in [0.25, 0.3) is 0 Å². The minimum atomic E-state index is -0.0385. The lowest BCUT2D eigenvalue weighted by Gasteiger charge is -2.10. The van der Waals surface area contributed by atoms with Crippen LogP contribution in [0.4, 0.5) is 5.69 Å². The standard InChI is InChI=1S/C11H14NO/c1-7-5-8(2)11(9(3)6-7)12-10(4)13/h5H,1-4H3,(H,12,13). The van der Waals surface area contributed by atoms with Crippen molar-refractivity contribution < 1.29 is 4.79 Å². The molecule has 1 amide bonds. The van der Waals surface area contributed by atoms with Gasteiger partial charge in [-0.3, -0.25) is 4.79 Å². The van der Waals surface area contributed by atoms with E-state index >= 15 is 0 Å². The Morgan fingerprint density at radius 2 is 2.00 bits per heavy atom. The Kier molecular flexibility index (Phi) is 2.71. The van der Waals surface area contributed by atoms with E-state index in [0.29, 0.717) is 0 Å². The Bertz CT molecular complexity index is 319. The zero-order valence-corrected chi connectivity index (χ0v) is 8.49. The van der Waals surface area contributed by atoms with Crippen LogP contribution in [0.3, 0.4) is 0 Å². The topological polar surface area (TPSA) is 29.1 Å². The highest BCUT2D eigenvalue weighted by atomic mass is 16.1. The molecule has 0 atom stereocenters. The van der Waals surface area contributed by atoms with E-state index in [1.807, 2.05) is 26.8 Å². The number of nitrogens with one attached hydrogen (secondary N) is 1. The van der Waals surface area contributed by atoms with Crippen molar-refractivity contribution in [3.8, 4) is 0 Å². The second-order valence-electron chi connectivity index (χ2n) is 3.32. The molecule has 0 bridgehead atoms. The molecule has 1 aromatic carbocycles. The summed E-state index contributed by atoms with van der Waals surface area (Å²) in [5.41, 5.74) is 4.07. The summed E-state index contributed by atoms with van der Waals surface area (Å²) < 4.78 is 0. The molecule has 0 fully saturated rings. The molecule has 0 aromatic heterocycles. The summed E-state index contributed by atoms with van der Waals surface area (Å²) in [6, 6.07) is 5.18. The number of benzene rings is 1. The number of aryl methyl sites for hydroxylation is 3. The maximum atomic E-state index is 10.9. The van der Waals surface area contributed by atoms with Crippen LogP contribution in [0.5, 0.6) is 0 Å². The van der Waals surface area contributed by atoms with Crippen LogP contribution in [0, 0.1) is 26.8 Å². The molecule has 1 N–H and O–H groups in total. The van der Waals surface area contributed by atoms with Crippen LogP contribution in [0.15, 0.2) is 6.07 Å². The highest BCUT2D eigenvalue weighted by Gasteiger charge is 2.04. The van der Waals surface area contributed by atoms with E-state index in [0.717, 1.165) is 22.4 Å². The molecule has 1 aromatic rings. The van der Waals surface area contributed by atoms with Crippen LogP contribution in [-0.2, 0) is 4.79 Å². The number of anilines is 1. The molecule has 0 saturated carbocycles. The summed E-state index contributed by atoms with van der Waals surface area (Å²) in [5.74, 6) is -0.0385. The minimum Gasteiger partial charge on any atom is -0.326 e. The van der Waals surface area contributed by atoms with Crippen molar-refractivity contribution >= 4 is 11.6 Å². The van der Waals surface area contributed by atoms with Gasteiger partial charge in [0.2, 0.25) is 5.91 Å². The van der Waals surface area contributed by atoms with Gasteiger partial charge in [0.15, 0.2) is 0 Å². The van der Waals surface area contributed by atoms with Gasteiger partial charge in [-0.05, 0) is 43.5 Å². The van der Waals surface area contributed by atoms with Crippen molar-refractivity contribution in [1.82, 2.24) is 0 Å². The maximum absolute atomic E-state index is 10.9. The van der Waals surface area contributed by atoms with Gasteiger partial charge in [-0.25, -0.2) is 0 Å².